The maximum atomic E-state index is 13.6. The first-order valence-corrected chi connectivity index (χ1v) is 7.60. The number of ketones is 1. The Bertz CT molecular complexity index is 772. The van der Waals surface area contributed by atoms with E-state index in [0.29, 0.717) is 23.2 Å². The van der Waals surface area contributed by atoms with Gasteiger partial charge in [0, 0.05) is 24.7 Å². The molecular formula is C19H18FNO2. The van der Waals surface area contributed by atoms with Gasteiger partial charge in [0.25, 0.3) is 0 Å². The van der Waals surface area contributed by atoms with E-state index in [1.807, 2.05) is 18.2 Å². The van der Waals surface area contributed by atoms with Gasteiger partial charge in [0.1, 0.15) is 5.82 Å². The number of hydrogen-bond acceptors (Lipinski definition) is 2. The number of benzene rings is 2. The molecule has 1 heterocycles. The first kappa shape index (κ1) is 15.4. The summed E-state index contributed by atoms with van der Waals surface area (Å²) in [7, 11) is 1.68. The fourth-order valence-corrected chi connectivity index (χ4v) is 3.21. The van der Waals surface area contributed by atoms with Crippen molar-refractivity contribution in [2.45, 2.75) is 25.2 Å². The average molecular weight is 311 g/mol. The van der Waals surface area contributed by atoms with Crippen LogP contribution in [0.1, 0.15) is 35.7 Å². The lowest BCUT2D eigenvalue weighted by atomic mass is 9.78. The van der Waals surface area contributed by atoms with Crippen LogP contribution in [0.15, 0.2) is 48.5 Å². The van der Waals surface area contributed by atoms with E-state index in [-0.39, 0.29) is 23.9 Å². The number of carbonyl (C=O) groups is 2. The second-order valence-electron chi connectivity index (χ2n) is 6.15. The van der Waals surface area contributed by atoms with Gasteiger partial charge in [0.05, 0.1) is 5.41 Å². The SMILES string of the molecule is CN1C(=O)C(C)(CCC(=O)c2ccccc2)c2cc(F)ccc21. The fourth-order valence-electron chi connectivity index (χ4n) is 3.21. The minimum absolute atomic E-state index is 0.00729. The lowest BCUT2D eigenvalue weighted by molar-refractivity contribution is -0.122. The molecule has 0 N–H and O–H groups in total. The molecule has 0 radical (unpaired) electrons. The van der Waals surface area contributed by atoms with Gasteiger partial charge >= 0.3 is 0 Å². The largest absolute Gasteiger partial charge is 0.314 e. The van der Waals surface area contributed by atoms with Crippen LogP contribution in [0.5, 0.6) is 0 Å². The Kier molecular flexibility index (Phi) is 3.76. The molecule has 2 aromatic rings. The van der Waals surface area contributed by atoms with Crippen LogP contribution in [0.3, 0.4) is 0 Å². The van der Waals surface area contributed by atoms with E-state index < -0.39 is 5.41 Å². The molecular weight excluding hydrogens is 293 g/mol. The van der Waals surface area contributed by atoms with Gasteiger partial charge in [-0.2, -0.15) is 0 Å². The molecule has 2 aromatic carbocycles. The summed E-state index contributed by atoms with van der Waals surface area (Å²) in [6, 6.07) is 13.4. The number of rotatable bonds is 4. The summed E-state index contributed by atoms with van der Waals surface area (Å²) in [5.41, 5.74) is 1.14. The summed E-state index contributed by atoms with van der Waals surface area (Å²) in [4.78, 5) is 26.5. The monoisotopic (exact) mass is 311 g/mol. The number of fused-ring (bicyclic) bond motifs is 1. The molecule has 1 aliphatic rings. The molecule has 3 rings (SSSR count). The Balaban J connectivity index is 1.86. The second-order valence-corrected chi connectivity index (χ2v) is 6.15. The van der Waals surface area contributed by atoms with Crippen LogP contribution in [-0.4, -0.2) is 18.7 Å². The van der Waals surface area contributed by atoms with E-state index in [1.165, 1.54) is 12.1 Å². The van der Waals surface area contributed by atoms with Gasteiger partial charge in [0.15, 0.2) is 5.78 Å². The number of Topliss-reactive ketones (excluding diaryl/α,β-unsaturated/α-hetero) is 1. The lowest BCUT2D eigenvalue weighted by Crippen LogP contribution is -2.36. The third kappa shape index (κ3) is 2.54. The van der Waals surface area contributed by atoms with Crippen LogP contribution < -0.4 is 4.90 Å². The zero-order chi connectivity index (χ0) is 16.6. The molecule has 4 heteroatoms. The predicted octanol–water partition coefficient (Wildman–Crippen LogP) is 3.72. The highest BCUT2D eigenvalue weighted by Crippen LogP contribution is 2.44. The fraction of sp³-hybridized carbons (Fsp3) is 0.263. The molecule has 0 saturated carbocycles. The van der Waals surface area contributed by atoms with Crippen LogP contribution in [0.2, 0.25) is 0 Å². The average Bonchev–Trinajstić information content (AvgIpc) is 2.75. The normalized spacial score (nSPS) is 19.8. The van der Waals surface area contributed by atoms with E-state index in [4.69, 9.17) is 0 Å². The van der Waals surface area contributed by atoms with Crippen molar-refractivity contribution >= 4 is 17.4 Å². The molecule has 1 atom stereocenters. The first-order chi connectivity index (χ1) is 10.9. The Morgan fingerprint density at radius 2 is 1.87 bits per heavy atom. The minimum Gasteiger partial charge on any atom is -0.314 e. The smallest absolute Gasteiger partial charge is 0.237 e. The minimum atomic E-state index is -0.864. The van der Waals surface area contributed by atoms with Crippen molar-refractivity contribution in [3.05, 3.63) is 65.5 Å². The summed E-state index contributed by atoms with van der Waals surface area (Å²) >= 11 is 0. The van der Waals surface area contributed by atoms with E-state index >= 15 is 0 Å². The third-order valence-electron chi connectivity index (χ3n) is 4.64. The van der Waals surface area contributed by atoms with Crippen LogP contribution >= 0.6 is 0 Å². The third-order valence-corrected chi connectivity index (χ3v) is 4.64. The van der Waals surface area contributed by atoms with Gasteiger partial charge in [0.2, 0.25) is 5.91 Å². The second kappa shape index (κ2) is 5.61. The van der Waals surface area contributed by atoms with Gasteiger partial charge < -0.3 is 4.90 Å². The first-order valence-electron chi connectivity index (χ1n) is 7.60. The highest BCUT2D eigenvalue weighted by atomic mass is 19.1. The number of hydrogen-bond donors (Lipinski definition) is 0. The zero-order valence-electron chi connectivity index (χ0n) is 13.2. The number of amides is 1. The topological polar surface area (TPSA) is 37.4 Å². The highest BCUT2D eigenvalue weighted by molar-refractivity contribution is 6.08. The van der Waals surface area contributed by atoms with Crippen molar-refractivity contribution in [2.24, 2.45) is 0 Å². The Labute approximate surface area is 134 Å². The van der Waals surface area contributed by atoms with E-state index in [9.17, 15) is 14.0 Å². The van der Waals surface area contributed by atoms with Crippen LogP contribution in [0, 0.1) is 5.82 Å². The summed E-state index contributed by atoms with van der Waals surface area (Å²) in [5.74, 6) is -0.474. The molecule has 1 unspecified atom stereocenters. The molecule has 0 aliphatic carbocycles. The number of halogens is 1. The molecule has 3 nitrogen and oxygen atoms in total. The molecule has 1 amide bonds. The number of likely N-dealkylation sites (N-methyl/N-ethyl adjacent to an activating group) is 1. The van der Waals surface area contributed by atoms with Crippen molar-refractivity contribution in [1.29, 1.82) is 0 Å². The Morgan fingerprint density at radius 1 is 1.17 bits per heavy atom. The van der Waals surface area contributed by atoms with E-state index in [0.717, 1.165) is 0 Å². The molecule has 0 aromatic heterocycles. The highest BCUT2D eigenvalue weighted by Gasteiger charge is 2.46. The maximum Gasteiger partial charge on any atom is 0.237 e. The quantitative estimate of drug-likeness (QED) is 0.807. The van der Waals surface area contributed by atoms with E-state index in [1.54, 1.807) is 37.1 Å². The van der Waals surface area contributed by atoms with Crippen molar-refractivity contribution in [2.75, 3.05) is 11.9 Å². The van der Waals surface area contributed by atoms with Crippen molar-refractivity contribution in [3.8, 4) is 0 Å². The summed E-state index contributed by atoms with van der Waals surface area (Å²) < 4.78 is 13.6. The molecule has 0 spiro atoms. The van der Waals surface area contributed by atoms with Crippen molar-refractivity contribution < 1.29 is 14.0 Å². The molecule has 23 heavy (non-hydrogen) atoms. The Morgan fingerprint density at radius 3 is 2.57 bits per heavy atom. The maximum absolute atomic E-state index is 13.6. The molecule has 0 fully saturated rings. The number of carbonyl (C=O) groups excluding carboxylic acids is 2. The summed E-state index contributed by atoms with van der Waals surface area (Å²) in [5, 5.41) is 0. The standard InChI is InChI=1S/C19H18FNO2/c1-19(11-10-17(22)13-6-4-3-5-7-13)15-12-14(20)8-9-16(15)21(2)18(19)23/h3-9,12H,10-11H2,1-2H3. The molecule has 1 aliphatic heterocycles. The lowest BCUT2D eigenvalue weighted by Gasteiger charge is -2.23. The van der Waals surface area contributed by atoms with Gasteiger partial charge in [-0.05, 0) is 37.1 Å². The Hall–Kier alpha value is -2.49. The zero-order valence-corrected chi connectivity index (χ0v) is 13.2. The molecule has 0 bridgehead atoms. The molecule has 0 saturated heterocycles. The van der Waals surface area contributed by atoms with Crippen LogP contribution in [-0.2, 0) is 10.2 Å². The van der Waals surface area contributed by atoms with Crippen LogP contribution in [0.25, 0.3) is 0 Å². The predicted molar refractivity (Wildman–Crippen MR) is 87.2 cm³/mol. The van der Waals surface area contributed by atoms with Gasteiger partial charge in [-0.15, -0.1) is 0 Å². The van der Waals surface area contributed by atoms with Crippen molar-refractivity contribution in [1.82, 2.24) is 0 Å². The summed E-state index contributed by atoms with van der Waals surface area (Å²) in [6.07, 6.45) is 0.608. The van der Waals surface area contributed by atoms with Crippen LogP contribution in [0.4, 0.5) is 10.1 Å². The van der Waals surface area contributed by atoms with Gasteiger partial charge in [-0.3, -0.25) is 9.59 Å². The summed E-state index contributed by atoms with van der Waals surface area (Å²) in [6.45, 7) is 1.79. The van der Waals surface area contributed by atoms with Gasteiger partial charge in [-0.25, -0.2) is 4.39 Å². The molecule has 118 valence electrons. The van der Waals surface area contributed by atoms with Gasteiger partial charge in [-0.1, -0.05) is 30.3 Å². The van der Waals surface area contributed by atoms with E-state index in [2.05, 4.69) is 0 Å². The number of anilines is 1. The van der Waals surface area contributed by atoms with Crippen molar-refractivity contribution in [3.63, 3.8) is 0 Å². The number of nitrogens with zero attached hydrogens (tertiary/aromatic N) is 1.